The van der Waals surface area contributed by atoms with Crippen LogP contribution >= 0.6 is 11.6 Å². The third-order valence-electron chi connectivity index (χ3n) is 2.07. The fraction of sp³-hybridized carbons (Fsp3) is 0.500. The van der Waals surface area contributed by atoms with Crippen molar-refractivity contribution >= 4 is 17.6 Å². The molecule has 1 N–H and O–H groups in total. The van der Waals surface area contributed by atoms with Gasteiger partial charge in [-0.05, 0) is 13.8 Å². The molecule has 1 heterocycles. The maximum atomic E-state index is 12.4. The Hall–Kier alpha value is -1.24. The predicted octanol–water partition coefficient (Wildman–Crippen LogP) is 2.51. The van der Waals surface area contributed by atoms with E-state index >= 15 is 0 Å². The molecule has 0 bridgehead atoms. The molecule has 0 aromatic carbocycles. The highest BCUT2D eigenvalue weighted by Gasteiger charge is 2.39. The average molecular weight is 257 g/mol. The second-order valence-corrected chi connectivity index (χ2v) is 3.58. The zero-order valence-electron chi connectivity index (χ0n) is 8.34. The summed E-state index contributed by atoms with van der Waals surface area (Å²) in [5.74, 6) is -1.28. The van der Waals surface area contributed by atoms with E-state index in [1.165, 1.54) is 13.8 Å². The van der Waals surface area contributed by atoms with E-state index < -0.39 is 28.9 Å². The number of alkyl halides is 3. The number of hydrogen-bond donors (Lipinski definition) is 1. The van der Waals surface area contributed by atoms with Crippen LogP contribution in [0.1, 0.15) is 24.4 Å². The molecule has 0 radical (unpaired) electrons. The van der Waals surface area contributed by atoms with Gasteiger partial charge >= 0.3 is 12.1 Å². The van der Waals surface area contributed by atoms with E-state index in [2.05, 4.69) is 5.10 Å². The Morgan fingerprint density at radius 2 is 2.06 bits per heavy atom. The molecule has 0 saturated heterocycles. The molecule has 16 heavy (non-hydrogen) atoms. The number of aromatic nitrogens is 2. The first kappa shape index (κ1) is 12.8. The van der Waals surface area contributed by atoms with Crippen LogP contribution in [0.3, 0.4) is 0 Å². The van der Waals surface area contributed by atoms with Crippen LogP contribution in [0.2, 0.25) is 5.02 Å². The van der Waals surface area contributed by atoms with E-state index in [-0.39, 0.29) is 5.69 Å². The molecule has 1 rings (SSSR count). The Morgan fingerprint density at radius 1 is 1.56 bits per heavy atom. The van der Waals surface area contributed by atoms with Crippen LogP contribution < -0.4 is 0 Å². The largest absolute Gasteiger partial charge is 0.480 e. The van der Waals surface area contributed by atoms with Gasteiger partial charge in [0, 0.05) is 0 Å². The first-order valence-corrected chi connectivity index (χ1v) is 4.58. The molecule has 0 aliphatic heterocycles. The van der Waals surface area contributed by atoms with E-state index in [4.69, 9.17) is 16.7 Å². The molecule has 0 aliphatic carbocycles. The number of nitrogens with zero attached hydrogens (tertiary/aromatic N) is 2. The van der Waals surface area contributed by atoms with Gasteiger partial charge in [-0.25, -0.2) is 4.79 Å². The first-order chi connectivity index (χ1) is 7.16. The van der Waals surface area contributed by atoms with E-state index in [0.717, 1.165) is 4.68 Å². The van der Waals surface area contributed by atoms with Gasteiger partial charge in [0.05, 0.1) is 10.7 Å². The van der Waals surface area contributed by atoms with E-state index in [1.54, 1.807) is 0 Å². The van der Waals surface area contributed by atoms with Crippen molar-refractivity contribution in [1.29, 1.82) is 0 Å². The molecule has 0 aliphatic rings. The molecule has 1 aromatic rings. The zero-order valence-corrected chi connectivity index (χ0v) is 9.10. The zero-order chi connectivity index (χ0) is 12.7. The third kappa shape index (κ3) is 2.13. The normalized spacial score (nSPS) is 13.9. The fourth-order valence-corrected chi connectivity index (χ4v) is 1.39. The fourth-order valence-electron chi connectivity index (χ4n) is 1.16. The summed E-state index contributed by atoms with van der Waals surface area (Å²) in [5, 5.41) is 11.3. The van der Waals surface area contributed by atoms with Crippen molar-refractivity contribution in [2.45, 2.75) is 26.1 Å². The minimum atomic E-state index is -4.69. The molecular formula is C8H8ClF3N2O2. The van der Waals surface area contributed by atoms with E-state index in [1.807, 2.05) is 0 Å². The Kier molecular flexibility index (Phi) is 3.18. The Bertz CT molecular complexity index is 428. The van der Waals surface area contributed by atoms with Crippen molar-refractivity contribution in [1.82, 2.24) is 9.78 Å². The second kappa shape index (κ2) is 3.97. The van der Waals surface area contributed by atoms with Crippen LogP contribution in [-0.4, -0.2) is 20.9 Å². The Morgan fingerprint density at radius 3 is 2.38 bits per heavy atom. The molecule has 4 nitrogen and oxygen atoms in total. The highest BCUT2D eigenvalue weighted by molar-refractivity contribution is 6.32. The minimum absolute atomic E-state index is 0.0242. The summed E-state index contributed by atoms with van der Waals surface area (Å²) in [6.07, 6.45) is -4.69. The molecule has 0 saturated carbocycles. The van der Waals surface area contributed by atoms with Crippen molar-refractivity contribution in [2.75, 3.05) is 0 Å². The first-order valence-electron chi connectivity index (χ1n) is 4.21. The summed E-state index contributed by atoms with van der Waals surface area (Å²) in [7, 11) is 0. The van der Waals surface area contributed by atoms with Crippen LogP contribution in [0.4, 0.5) is 13.2 Å². The number of rotatable bonds is 2. The van der Waals surface area contributed by atoms with Gasteiger partial charge in [0.1, 0.15) is 6.04 Å². The van der Waals surface area contributed by atoms with Crippen LogP contribution in [0, 0.1) is 6.92 Å². The van der Waals surface area contributed by atoms with Gasteiger partial charge < -0.3 is 5.11 Å². The summed E-state index contributed by atoms with van der Waals surface area (Å²) < 4.78 is 37.9. The lowest BCUT2D eigenvalue weighted by Gasteiger charge is -2.08. The average Bonchev–Trinajstić information content (AvgIpc) is 2.42. The molecule has 1 aromatic heterocycles. The molecule has 1 atom stereocenters. The number of aliphatic carboxylic acids is 1. The number of carboxylic acids is 1. The maximum absolute atomic E-state index is 12.4. The van der Waals surface area contributed by atoms with Crippen molar-refractivity contribution in [3.63, 3.8) is 0 Å². The second-order valence-electron chi connectivity index (χ2n) is 3.20. The lowest BCUT2D eigenvalue weighted by Crippen LogP contribution is -2.18. The van der Waals surface area contributed by atoms with Crippen LogP contribution in [0.5, 0.6) is 0 Å². The smallest absolute Gasteiger partial charge is 0.436 e. The monoisotopic (exact) mass is 256 g/mol. The molecule has 8 heteroatoms. The minimum Gasteiger partial charge on any atom is -0.480 e. The molecule has 0 spiro atoms. The Balaban J connectivity index is 3.30. The lowest BCUT2D eigenvalue weighted by atomic mass is 10.3. The van der Waals surface area contributed by atoms with Gasteiger partial charge in [0.2, 0.25) is 0 Å². The summed E-state index contributed by atoms with van der Waals surface area (Å²) in [6, 6.07) is -1.20. The predicted molar refractivity (Wildman–Crippen MR) is 49.3 cm³/mol. The quantitative estimate of drug-likeness (QED) is 0.884. The topological polar surface area (TPSA) is 55.1 Å². The van der Waals surface area contributed by atoms with Gasteiger partial charge in [-0.1, -0.05) is 11.6 Å². The summed E-state index contributed by atoms with van der Waals surface area (Å²) in [4.78, 5) is 10.6. The number of halogens is 4. The lowest BCUT2D eigenvalue weighted by molar-refractivity contribution is -0.144. The van der Waals surface area contributed by atoms with Crippen molar-refractivity contribution in [3.8, 4) is 0 Å². The van der Waals surface area contributed by atoms with Gasteiger partial charge in [-0.2, -0.15) is 18.3 Å². The van der Waals surface area contributed by atoms with Gasteiger partial charge in [-0.3, -0.25) is 4.68 Å². The number of carboxylic acid groups (broad SMARTS) is 1. The Labute approximate surface area is 93.6 Å². The number of carbonyl (C=O) groups is 1. The maximum Gasteiger partial charge on any atom is 0.436 e. The van der Waals surface area contributed by atoms with Crippen molar-refractivity contribution in [2.24, 2.45) is 0 Å². The van der Waals surface area contributed by atoms with Crippen LogP contribution in [0.25, 0.3) is 0 Å². The van der Waals surface area contributed by atoms with Crippen molar-refractivity contribution < 1.29 is 23.1 Å². The molecule has 0 fully saturated rings. The molecule has 0 unspecified atom stereocenters. The third-order valence-corrected chi connectivity index (χ3v) is 2.52. The van der Waals surface area contributed by atoms with Crippen LogP contribution in [-0.2, 0) is 11.0 Å². The highest BCUT2D eigenvalue weighted by Crippen LogP contribution is 2.36. The van der Waals surface area contributed by atoms with Gasteiger partial charge in [0.25, 0.3) is 0 Å². The summed E-state index contributed by atoms with van der Waals surface area (Å²) >= 11 is 5.45. The standard InChI is InChI=1S/C8H8ClF3N2O2/c1-3-5(9)6(8(10,11)12)13-14(3)4(2)7(15)16/h4H,1-2H3,(H,15,16)/t4-/m1/s1. The van der Waals surface area contributed by atoms with E-state index in [9.17, 15) is 18.0 Å². The van der Waals surface area contributed by atoms with Gasteiger partial charge in [-0.15, -0.1) is 0 Å². The van der Waals surface area contributed by atoms with Crippen LogP contribution in [0.15, 0.2) is 0 Å². The molecular weight excluding hydrogens is 249 g/mol. The summed E-state index contributed by atoms with van der Waals surface area (Å²) in [6.45, 7) is 2.50. The number of hydrogen-bond acceptors (Lipinski definition) is 2. The molecule has 0 amide bonds. The molecule has 90 valence electrons. The van der Waals surface area contributed by atoms with E-state index in [0.29, 0.717) is 0 Å². The summed E-state index contributed by atoms with van der Waals surface area (Å²) in [5.41, 5.74) is -1.29. The SMILES string of the molecule is Cc1c(Cl)c(C(F)(F)F)nn1[C@H](C)C(=O)O. The van der Waals surface area contributed by atoms with Crippen molar-refractivity contribution in [3.05, 3.63) is 16.4 Å². The van der Waals surface area contributed by atoms with Gasteiger partial charge in [0.15, 0.2) is 5.69 Å². The highest BCUT2D eigenvalue weighted by atomic mass is 35.5.